The van der Waals surface area contributed by atoms with E-state index in [0.29, 0.717) is 12.5 Å². The van der Waals surface area contributed by atoms with Crippen molar-refractivity contribution in [2.45, 2.75) is 6.54 Å². The Bertz CT molecular complexity index is 633. The van der Waals surface area contributed by atoms with Gasteiger partial charge in [0, 0.05) is 30.7 Å². The SMILES string of the molecule is c1ccc(-n2cc(CNc3ncccn3)cn2)cc1. The van der Waals surface area contributed by atoms with Crippen molar-refractivity contribution < 1.29 is 0 Å². The number of nitrogens with one attached hydrogen (secondary N) is 1. The predicted octanol–water partition coefficient (Wildman–Crippen LogP) is 2.27. The summed E-state index contributed by atoms with van der Waals surface area (Å²) in [4.78, 5) is 8.22. The summed E-state index contributed by atoms with van der Waals surface area (Å²) in [5.74, 6) is 0.620. The number of hydrogen-bond acceptors (Lipinski definition) is 4. The first-order valence-electron chi connectivity index (χ1n) is 6.02. The van der Waals surface area contributed by atoms with Crippen LogP contribution in [-0.2, 0) is 6.54 Å². The molecule has 2 aromatic heterocycles. The average molecular weight is 251 g/mol. The number of aromatic nitrogens is 4. The molecule has 0 radical (unpaired) electrons. The van der Waals surface area contributed by atoms with Crippen molar-refractivity contribution in [3.63, 3.8) is 0 Å². The highest BCUT2D eigenvalue weighted by atomic mass is 15.3. The van der Waals surface area contributed by atoms with Gasteiger partial charge in [-0.3, -0.25) is 0 Å². The van der Waals surface area contributed by atoms with Gasteiger partial charge in [-0.15, -0.1) is 0 Å². The third kappa shape index (κ3) is 2.77. The van der Waals surface area contributed by atoms with E-state index in [1.165, 1.54) is 0 Å². The van der Waals surface area contributed by atoms with Crippen LogP contribution in [0.15, 0.2) is 61.2 Å². The minimum absolute atomic E-state index is 0.620. The smallest absolute Gasteiger partial charge is 0.222 e. The molecule has 0 aliphatic heterocycles. The van der Waals surface area contributed by atoms with Crippen molar-refractivity contribution in [3.8, 4) is 5.69 Å². The Morgan fingerprint density at radius 2 is 1.79 bits per heavy atom. The lowest BCUT2D eigenvalue weighted by Crippen LogP contribution is -2.02. The zero-order valence-corrected chi connectivity index (χ0v) is 10.3. The first-order valence-corrected chi connectivity index (χ1v) is 6.02. The van der Waals surface area contributed by atoms with Crippen LogP contribution in [0.1, 0.15) is 5.56 Å². The fourth-order valence-electron chi connectivity index (χ4n) is 1.74. The zero-order chi connectivity index (χ0) is 12.9. The Morgan fingerprint density at radius 1 is 1.00 bits per heavy atom. The lowest BCUT2D eigenvalue weighted by molar-refractivity contribution is 0.880. The van der Waals surface area contributed by atoms with Crippen LogP contribution in [0.4, 0.5) is 5.95 Å². The summed E-state index contributed by atoms with van der Waals surface area (Å²) < 4.78 is 1.85. The van der Waals surface area contributed by atoms with Gasteiger partial charge >= 0.3 is 0 Å². The molecule has 0 unspecified atom stereocenters. The molecule has 0 aliphatic rings. The Balaban J connectivity index is 1.69. The molecule has 0 bridgehead atoms. The average Bonchev–Trinajstić information content (AvgIpc) is 2.96. The van der Waals surface area contributed by atoms with Gasteiger partial charge in [-0.25, -0.2) is 14.6 Å². The van der Waals surface area contributed by atoms with Crippen molar-refractivity contribution in [1.82, 2.24) is 19.7 Å². The highest BCUT2D eigenvalue weighted by Crippen LogP contribution is 2.08. The summed E-state index contributed by atoms with van der Waals surface area (Å²) in [7, 11) is 0. The predicted molar refractivity (Wildman–Crippen MR) is 72.9 cm³/mol. The van der Waals surface area contributed by atoms with Gasteiger partial charge < -0.3 is 5.32 Å². The van der Waals surface area contributed by atoms with Crippen LogP contribution < -0.4 is 5.32 Å². The molecule has 0 amide bonds. The maximum absolute atomic E-state index is 4.33. The number of anilines is 1. The maximum atomic E-state index is 4.33. The Morgan fingerprint density at radius 3 is 2.58 bits per heavy atom. The van der Waals surface area contributed by atoms with E-state index in [1.807, 2.05) is 47.4 Å². The van der Waals surface area contributed by atoms with Gasteiger partial charge in [0.15, 0.2) is 0 Å². The van der Waals surface area contributed by atoms with Crippen LogP contribution >= 0.6 is 0 Å². The first-order chi connectivity index (χ1) is 9.42. The van der Waals surface area contributed by atoms with Crippen LogP contribution in [-0.4, -0.2) is 19.7 Å². The third-order valence-corrected chi connectivity index (χ3v) is 2.67. The van der Waals surface area contributed by atoms with E-state index in [9.17, 15) is 0 Å². The highest BCUT2D eigenvalue weighted by Gasteiger charge is 2.01. The number of nitrogens with zero attached hydrogens (tertiary/aromatic N) is 4. The van der Waals surface area contributed by atoms with Gasteiger partial charge in [0.25, 0.3) is 0 Å². The quantitative estimate of drug-likeness (QED) is 0.773. The molecular formula is C14H13N5. The van der Waals surface area contributed by atoms with E-state index >= 15 is 0 Å². The zero-order valence-electron chi connectivity index (χ0n) is 10.3. The minimum atomic E-state index is 0.620. The fraction of sp³-hybridized carbons (Fsp3) is 0.0714. The van der Waals surface area contributed by atoms with Gasteiger partial charge in [-0.05, 0) is 18.2 Å². The number of benzene rings is 1. The normalized spacial score (nSPS) is 10.3. The van der Waals surface area contributed by atoms with Crippen LogP contribution in [0, 0.1) is 0 Å². The first kappa shape index (κ1) is 11.4. The second-order valence-electron chi connectivity index (χ2n) is 4.05. The van der Waals surface area contributed by atoms with E-state index in [-0.39, 0.29) is 0 Å². The Hall–Kier alpha value is -2.69. The topological polar surface area (TPSA) is 55.6 Å². The van der Waals surface area contributed by atoms with Gasteiger partial charge in [-0.1, -0.05) is 18.2 Å². The summed E-state index contributed by atoms with van der Waals surface area (Å²) in [6.45, 7) is 0.650. The van der Waals surface area contributed by atoms with Crippen LogP contribution in [0.25, 0.3) is 5.69 Å². The van der Waals surface area contributed by atoms with Crippen LogP contribution in [0.5, 0.6) is 0 Å². The molecule has 0 fully saturated rings. The van der Waals surface area contributed by atoms with Crippen molar-refractivity contribution in [3.05, 3.63) is 66.7 Å². The maximum Gasteiger partial charge on any atom is 0.222 e. The number of hydrogen-bond donors (Lipinski definition) is 1. The summed E-state index contributed by atoms with van der Waals surface area (Å²) in [6, 6.07) is 11.8. The molecule has 0 aliphatic carbocycles. The second kappa shape index (κ2) is 5.30. The summed E-state index contributed by atoms with van der Waals surface area (Å²) in [5, 5.41) is 7.48. The molecule has 3 rings (SSSR count). The third-order valence-electron chi connectivity index (χ3n) is 2.67. The lowest BCUT2D eigenvalue weighted by Gasteiger charge is -2.01. The molecule has 94 valence electrons. The molecule has 5 heteroatoms. The van der Waals surface area contributed by atoms with Gasteiger partial charge in [0.2, 0.25) is 5.95 Å². The van der Waals surface area contributed by atoms with Gasteiger partial charge in [0.1, 0.15) is 0 Å². The molecule has 0 spiro atoms. The molecule has 0 saturated carbocycles. The molecule has 1 aromatic carbocycles. The molecule has 19 heavy (non-hydrogen) atoms. The number of rotatable bonds is 4. The minimum Gasteiger partial charge on any atom is -0.350 e. The number of para-hydroxylation sites is 1. The van der Waals surface area contributed by atoms with Crippen LogP contribution in [0.2, 0.25) is 0 Å². The van der Waals surface area contributed by atoms with E-state index < -0.39 is 0 Å². The summed E-state index contributed by atoms with van der Waals surface area (Å²) in [6.07, 6.45) is 7.25. The highest BCUT2D eigenvalue weighted by molar-refractivity contribution is 5.32. The second-order valence-corrected chi connectivity index (χ2v) is 4.05. The summed E-state index contributed by atoms with van der Waals surface area (Å²) in [5.41, 5.74) is 2.13. The van der Waals surface area contributed by atoms with Crippen molar-refractivity contribution in [1.29, 1.82) is 0 Å². The molecule has 0 saturated heterocycles. The van der Waals surface area contributed by atoms with E-state index in [4.69, 9.17) is 0 Å². The monoisotopic (exact) mass is 251 g/mol. The molecule has 1 N–H and O–H groups in total. The van der Waals surface area contributed by atoms with Gasteiger partial charge in [0.05, 0.1) is 11.9 Å². The van der Waals surface area contributed by atoms with E-state index in [2.05, 4.69) is 20.4 Å². The Labute approximate surface area is 111 Å². The molecule has 5 nitrogen and oxygen atoms in total. The largest absolute Gasteiger partial charge is 0.350 e. The Kier molecular flexibility index (Phi) is 3.18. The molecular weight excluding hydrogens is 238 g/mol. The van der Waals surface area contributed by atoms with Crippen molar-refractivity contribution >= 4 is 5.95 Å². The van der Waals surface area contributed by atoms with Crippen LogP contribution in [0.3, 0.4) is 0 Å². The molecule has 0 atom stereocenters. The molecule has 2 heterocycles. The van der Waals surface area contributed by atoms with Crippen molar-refractivity contribution in [2.75, 3.05) is 5.32 Å². The lowest BCUT2D eigenvalue weighted by atomic mass is 10.3. The van der Waals surface area contributed by atoms with Crippen molar-refractivity contribution in [2.24, 2.45) is 0 Å². The van der Waals surface area contributed by atoms with E-state index in [0.717, 1.165) is 11.3 Å². The van der Waals surface area contributed by atoms with E-state index in [1.54, 1.807) is 18.5 Å². The van der Waals surface area contributed by atoms with Gasteiger partial charge in [-0.2, -0.15) is 5.10 Å². The standard InChI is InChI=1S/C14H13N5/c1-2-5-13(6-3-1)19-11-12(10-18-19)9-17-14-15-7-4-8-16-14/h1-8,10-11H,9H2,(H,15,16,17). The molecule has 3 aromatic rings. The summed E-state index contributed by atoms with van der Waals surface area (Å²) >= 11 is 0. The fourth-order valence-corrected chi connectivity index (χ4v) is 1.74.